The average Bonchev–Trinajstić information content (AvgIpc) is 3.32. The summed E-state index contributed by atoms with van der Waals surface area (Å²) < 4.78 is 47.4. The van der Waals surface area contributed by atoms with Crippen molar-refractivity contribution in [2.45, 2.75) is 50.1 Å². The second-order valence-electron chi connectivity index (χ2n) is 10.3. The summed E-state index contributed by atoms with van der Waals surface area (Å²) in [7, 11) is 1.58. The highest BCUT2D eigenvalue weighted by Gasteiger charge is 2.32. The first kappa shape index (κ1) is 28.9. The predicted octanol–water partition coefficient (Wildman–Crippen LogP) is 8.47. The van der Waals surface area contributed by atoms with Crippen LogP contribution in [0, 0.1) is 17.6 Å². The lowest BCUT2D eigenvalue weighted by molar-refractivity contribution is 0.0597. The Bertz CT molecular complexity index is 1550. The van der Waals surface area contributed by atoms with Crippen LogP contribution in [-0.2, 0) is 17.7 Å². The Balaban J connectivity index is 1.58. The molecule has 1 atom stereocenters. The van der Waals surface area contributed by atoms with Gasteiger partial charge in [-0.15, -0.1) is 11.3 Å². The van der Waals surface area contributed by atoms with E-state index in [9.17, 15) is 18.1 Å². The summed E-state index contributed by atoms with van der Waals surface area (Å²) in [6, 6.07) is 15.3. The van der Waals surface area contributed by atoms with Crippen molar-refractivity contribution in [1.29, 1.82) is 0 Å². The van der Waals surface area contributed by atoms with Gasteiger partial charge in [0.15, 0.2) is 4.90 Å². The fraction of sp³-hybridized carbons (Fsp3) is 0.323. The second-order valence-corrected chi connectivity index (χ2v) is 13.0. The Morgan fingerprint density at radius 2 is 1.80 bits per heavy atom. The molecule has 1 amide bonds. The van der Waals surface area contributed by atoms with Crippen LogP contribution >= 0.6 is 22.9 Å². The zero-order valence-corrected chi connectivity index (χ0v) is 24.9. The number of benzene rings is 3. The van der Waals surface area contributed by atoms with E-state index in [1.165, 1.54) is 0 Å². The maximum absolute atomic E-state index is 14.6. The van der Waals surface area contributed by atoms with Crippen LogP contribution in [0.15, 0.2) is 59.5 Å². The van der Waals surface area contributed by atoms with Crippen LogP contribution in [0.1, 0.15) is 47.8 Å². The third-order valence-corrected chi connectivity index (χ3v) is 10.3. The Labute approximate surface area is 245 Å². The predicted molar refractivity (Wildman–Crippen MR) is 159 cm³/mol. The van der Waals surface area contributed by atoms with E-state index in [1.54, 1.807) is 18.3 Å². The Kier molecular flexibility index (Phi) is 8.71. The normalized spacial score (nSPS) is 18.1. The third-order valence-electron chi connectivity index (χ3n) is 7.69. The minimum absolute atomic E-state index is 0.0364. The maximum Gasteiger partial charge on any atom is 0.266 e. The molecule has 1 heterocycles. The molecule has 0 aliphatic heterocycles. The van der Waals surface area contributed by atoms with Crippen LogP contribution in [-0.4, -0.2) is 34.8 Å². The molecule has 1 aliphatic carbocycles. The fourth-order valence-corrected chi connectivity index (χ4v) is 7.77. The molecule has 0 radical (unpaired) electrons. The van der Waals surface area contributed by atoms with Crippen molar-refractivity contribution in [3.8, 4) is 16.9 Å². The Morgan fingerprint density at radius 1 is 1.10 bits per heavy atom. The van der Waals surface area contributed by atoms with Gasteiger partial charge in [-0.2, -0.15) is 0 Å². The van der Waals surface area contributed by atoms with E-state index in [1.807, 2.05) is 42.5 Å². The van der Waals surface area contributed by atoms with Gasteiger partial charge in [0.1, 0.15) is 28.5 Å². The van der Waals surface area contributed by atoms with E-state index >= 15 is 0 Å². The third kappa shape index (κ3) is 5.59. The molecule has 1 saturated carbocycles. The van der Waals surface area contributed by atoms with Gasteiger partial charge in [-0.25, -0.2) is 8.78 Å². The van der Waals surface area contributed by atoms with Crippen molar-refractivity contribution in [3.05, 3.63) is 81.7 Å². The molecule has 0 spiro atoms. The van der Waals surface area contributed by atoms with E-state index in [4.69, 9.17) is 16.3 Å². The molecular formula is C31H30ClF2NO3S2. The maximum atomic E-state index is 14.6. The standard InChI is InChI=1S/C31H30ClF2NO3S2/c1-18-8-11-21(12-9-18)35(31(36)30-28(32)27-23(33)13-14-24(34)29(27)39-30)17-20-16-19(10-15-25(20)38-2)22-6-4-5-7-26(22)40(3)37/h4-7,10,13-16,18,21H,8-9,11-12,17H2,1-3H3. The van der Waals surface area contributed by atoms with Gasteiger partial charge in [-0.3, -0.25) is 4.79 Å². The van der Waals surface area contributed by atoms with Crippen LogP contribution in [0.25, 0.3) is 21.2 Å². The molecule has 4 nitrogen and oxygen atoms in total. The Morgan fingerprint density at radius 3 is 2.48 bits per heavy atom. The summed E-state index contributed by atoms with van der Waals surface area (Å²) in [5.74, 6) is -0.446. The lowest BCUT2D eigenvalue weighted by Gasteiger charge is -2.36. The first-order valence-corrected chi connectivity index (χ1v) is 15.9. The number of fused-ring (bicyclic) bond motifs is 1. The fourth-order valence-electron chi connectivity index (χ4n) is 5.50. The van der Waals surface area contributed by atoms with Crippen LogP contribution in [0.4, 0.5) is 8.78 Å². The molecule has 1 fully saturated rings. The lowest BCUT2D eigenvalue weighted by Crippen LogP contribution is -2.41. The largest absolute Gasteiger partial charge is 0.612 e. The highest BCUT2D eigenvalue weighted by molar-refractivity contribution is 7.90. The van der Waals surface area contributed by atoms with Gasteiger partial charge in [-0.1, -0.05) is 36.7 Å². The molecule has 0 saturated heterocycles. The zero-order valence-electron chi connectivity index (χ0n) is 22.5. The quantitative estimate of drug-likeness (QED) is 0.200. The van der Waals surface area contributed by atoms with Gasteiger partial charge in [0.2, 0.25) is 0 Å². The minimum atomic E-state index is -1.19. The van der Waals surface area contributed by atoms with E-state index in [2.05, 4.69) is 6.92 Å². The minimum Gasteiger partial charge on any atom is -0.612 e. The van der Waals surface area contributed by atoms with Crippen molar-refractivity contribution in [1.82, 2.24) is 4.90 Å². The molecule has 9 heteroatoms. The highest BCUT2D eigenvalue weighted by atomic mass is 35.5. The topological polar surface area (TPSA) is 52.6 Å². The number of methoxy groups -OCH3 is 1. The number of carbonyl (C=O) groups excluding carboxylic acids is 1. The summed E-state index contributed by atoms with van der Waals surface area (Å²) in [5.41, 5.74) is 2.48. The van der Waals surface area contributed by atoms with Gasteiger partial charge in [0.25, 0.3) is 5.91 Å². The SMILES string of the molecule is COc1ccc(-c2ccccc2[S+](C)[O-])cc1CN(C(=O)c1sc2c(F)ccc(F)c2c1Cl)C1CCC(C)CC1. The zero-order chi connectivity index (χ0) is 28.6. The van der Waals surface area contributed by atoms with Gasteiger partial charge < -0.3 is 14.2 Å². The molecule has 3 aromatic carbocycles. The van der Waals surface area contributed by atoms with Crippen molar-refractivity contribution in [3.63, 3.8) is 0 Å². The van der Waals surface area contributed by atoms with Crippen LogP contribution in [0.3, 0.4) is 0 Å². The summed E-state index contributed by atoms with van der Waals surface area (Å²) >= 11 is 6.25. The van der Waals surface area contributed by atoms with Crippen molar-refractivity contribution >= 4 is 50.1 Å². The molecular weight excluding hydrogens is 572 g/mol. The van der Waals surface area contributed by atoms with Gasteiger partial charge in [0, 0.05) is 23.7 Å². The molecule has 0 bridgehead atoms. The molecule has 4 aromatic rings. The number of amides is 1. The molecule has 1 unspecified atom stereocenters. The Hall–Kier alpha value is -2.65. The van der Waals surface area contributed by atoms with Crippen LogP contribution < -0.4 is 4.74 Å². The summed E-state index contributed by atoms with van der Waals surface area (Å²) in [4.78, 5) is 16.8. The van der Waals surface area contributed by atoms with Crippen LogP contribution in [0.5, 0.6) is 5.75 Å². The van der Waals surface area contributed by atoms with Gasteiger partial charge >= 0.3 is 0 Å². The number of ether oxygens (including phenoxy) is 1. The molecule has 1 aliphatic rings. The number of nitrogens with zero attached hydrogens (tertiary/aromatic N) is 1. The highest BCUT2D eigenvalue weighted by Crippen LogP contribution is 2.41. The van der Waals surface area contributed by atoms with E-state index in [0.717, 1.165) is 65.8 Å². The number of rotatable bonds is 7. The van der Waals surface area contributed by atoms with Crippen molar-refractivity contribution < 1.29 is 22.9 Å². The summed E-state index contributed by atoms with van der Waals surface area (Å²) in [6.45, 7) is 2.43. The molecule has 0 N–H and O–H groups in total. The summed E-state index contributed by atoms with van der Waals surface area (Å²) in [5, 5.41) is -0.118. The molecule has 210 valence electrons. The van der Waals surface area contributed by atoms with Crippen molar-refractivity contribution in [2.24, 2.45) is 5.92 Å². The van der Waals surface area contributed by atoms with E-state index < -0.39 is 22.8 Å². The van der Waals surface area contributed by atoms with Crippen LogP contribution in [0.2, 0.25) is 5.02 Å². The number of thiophene rings is 1. The number of hydrogen-bond acceptors (Lipinski definition) is 4. The number of halogens is 3. The monoisotopic (exact) mass is 601 g/mol. The average molecular weight is 602 g/mol. The lowest BCUT2D eigenvalue weighted by atomic mass is 9.86. The molecule has 1 aromatic heterocycles. The smallest absolute Gasteiger partial charge is 0.266 e. The number of hydrogen-bond donors (Lipinski definition) is 0. The van der Waals surface area contributed by atoms with E-state index in [0.29, 0.717) is 16.6 Å². The molecule has 40 heavy (non-hydrogen) atoms. The first-order valence-electron chi connectivity index (χ1n) is 13.2. The molecule has 5 rings (SSSR count). The first-order chi connectivity index (χ1) is 19.2. The van der Waals surface area contributed by atoms with Gasteiger partial charge in [-0.05, 0) is 84.7 Å². The van der Waals surface area contributed by atoms with Gasteiger partial charge in [0.05, 0.1) is 22.2 Å². The second kappa shape index (κ2) is 12.1. The van der Waals surface area contributed by atoms with E-state index in [-0.39, 0.29) is 38.5 Å². The summed E-state index contributed by atoms with van der Waals surface area (Å²) in [6.07, 6.45) is 5.24. The van der Waals surface area contributed by atoms with Crippen molar-refractivity contribution in [2.75, 3.05) is 13.4 Å². The number of carbonyl (C=O) groups is 1.